The van der Waals surface area contributed by atoms with Crippen LogP contribution in [0.15, 0.2) is 42.5 Å². The smallest absolute Gasteiger partial charge is 0.240 e. The van der Waals surface area contributed by atoms with Crippen LogP contribution in [0.1, 0.15) is 22.8 Å². The molecular formula is C21H21Cl2N3O2. The second-order valence-corrected chi connectivity index (χ2v) is 7.49. The van der Waals surface area contributed by atoms with Crippen LogP contribution in [-0.4, -0.2) is 43.8 Å². The molecule has 0 bridgehead atoms. The van der Waals surface area contributed by atoms with E-state index in [1.165, 1.54) is 11.0 Å². The Hall–Kier alpha value is -2.39. The topological polar surface area (TPSA) is 64.4 Å². The largest absolute Gasteiger partial charge is 0.314 e. The van der Waals surface area contributed by atoms with Crippen molar-refractivity contribution in [2.75, 3.05) is 32.1 Å². The van der Waals surface area contributed by atoms with Crippen molar-refractivity contribution in [1.82, 2.24) is 4.90 Å². The molecule has 1 unspecified atom stereocenters. The zero-order chi connectivity index (χ0) is 20.8. The quantitative estimate of drug-likeness (QED) is 0.630. The van der Waals surface area contributed by atoms with Crippen molar-refractivity contribution in [3.8, 4) is 6.07 Å². The van der Waals surface area contributed by atoms with E-state index in [0.29, 0.717) is 33.4 Å². The van der Waals surface area contributed by atoms with Gasteiger partial charge >= 0.3 is 0 Å². The van der Waals surface area contributed by atoms with Crippen LogP contribution in [0, 0.1) is 17.2 Å². The Morgan fingerprint density at radius 2 is 1.79 bits per heavy atom. The van der Waals surface area contributed by atoms with Gasteiger partial charge in [-0.25, -0.2) is 0 Å². The van der Waals surface area contributed by atoms with E-state index in [9.17, 15) is 9.59 Å². The summed E-state index contributed by atoms with van der Waals surface area (Å²) in [7, 11) is 3.38. The summed E-state index contributed by atoms with van der Waals surface area (Å²) in [5.74, 6) is -0.701. The predicted octanol–water partition coefficient (Wildman–Crippen LogP) is 4.28. The number of carbonyl (C=O) groups excluding carboxylic acids is 2. The summed E-state index contributed by atoms with van der Waals surface area (Å²) in [6.07, 6.45) is 0. The third-order valence-corrected chi connectivity index (χ3v) is 4.83. The first-order chi connectivity index (χ1) is 13.2. The lowest BCUT2D eigenvalue weighted by Crippen LogP contribution is -2.38. The maximum absolute atomic E-state index is 13.0. The Kier molecular flexibility index (Phi) is 7.59. The van der Waals surface area contributed by atoms with Crippen molar-refractivity contribution in [3.63, 3.8) is 0 Å². The van der Waals surface area contributed by atoms with Gasteiger partial charge in [0, 0.05) is 29.7 Å². The van der Waals surface area contributed by atoms with E-state index >= 15 is 0 Å². The summed E-state index contributed by atoms with van der Waals surface area (Å²) in [5, 5.41) is 9.65. The van der Waals surface area contributed by atoms with E-state index in [2.05, 4.69) is 6.07 Å². The number of nitriles is 1. The molecule has 0 heterocycles. The lowest BCUT2D eigenvalue weighted by molar-refractivity contribution is -0.119. The highest BCUT2D eigenvalue weighted by atomic mass is 35.5. The number of benzene rings is 2. The van der Waals surface area contributed by atoms with Crippen molar-refractivity contribution >= 4 is 40.6 Å². The van der Waals surface area contributed by atoms with E-state index in [1.54, 1.807) is 62.3 Å². The SMILES string of the molecule is CC(C#N)CN(C)CC(=O)N(C)c1ccc(Cl)cc1C(=O)c1ccccc1Cl. The highest BCUT2D eigenvalue weighted by Gasteiger charge is 2.22. The molecule has 7 heteroatoms. The molecule has 2 aromatic carbocycles. The molecule has 0 aromatic heterocycles. The maximum atomic E-state index is 13.0. The maximum Gasteiger partial charge on any atom is 0.240 e. The predicted molar refractivity (Wildman–Crippen MR) is 112 cm³/mol. The fourth-order valence-electron chi connectivity index (χ4n) is 2.82. The normalized spacial score (nSPS) is 11.8. The molecule has 146 valence electrons. The number of hydrogen-bond donors (Lipinski definition) is 0. The molecule has 28 heavy (non-hydrogen) atoms. The van der Waals surface area contributed by atoms with Crippen LogP contribution in [0.4, 0.5) is 5.69 Å². The number of nitrogens with zero attached hydrogens (tertiary/aromatic N) is 3. The number of anilines is 1. The van der Waals surface area contributed by atoms with Crippen LogP contribution < -0.4 is 4.90 Å². The van der Waals surface area contributed by atoms with Crippen molar-refractivity contribution < 1.29 is 9.59 Å². The standard InChI is InChI=1S/C21H21Cl2N3O2/c1-14(11-24)12-25(2)13-20(27)26(3)19-9-8-15(22)10-17(19)21(28)16-6-4-5-7-18(16)23/h4-10,14H,12-13H2,1-3H3. The van der Waals surface area contributed by atoms with E-state index in [-0.39, 0.29) is 24.2 Å². The minimum atomic E-state index is -0.311. The molecular weight excluding hydrogens is 397 g/mol. The van der Waals surface area contributed by atoms with E-state index < -0.39 is 0 Å². The fourth-order valence-corrected chi connectivity index (χ4v) is 3.21. The van der Waals surface area contributed by atoms with E-state index in [1.807, 2.05) is 0 Å². The molecule has 5 nitrogen and oxygen atoms in total. The molecule has 0 aliphatic rings. The van der Waals surface area contributed by atoms with Gasteiger partial charge in [0.25, 0.3) is 0 Å². The van der Waals surface area contributed by atoms with Gasteiger partial charge in [-0.3, -0.25) is 14.5 Å². The molecule has 2 aromatic rings. The number of likely N-dealkylation sites (N-methyl/N-ethyl adjacent to an activating group) is 2. The molecule has 2 rings (SSSR count). The van der Waals surface area contributed by atoms with Gasteiger partial charge in [-0.05, 0) is 44.3 Å². The fraction of sp³-hybridized carbons (Fsp3) is 0.286. The van der Waals surface area contributed by atoms with Gasteiger partial charge in [0.1, 0.15) is 0 Å². The second-order valence-electron chi connectivity index (χ2n) is 6.65. The number of carbonyl (C=O) groups is 2. The van der Waals surface area contributed by atoms with Gasteiger partial charge < -0.3 is 4.90 Å². The average Bonchev–Trinajstić information content (AvgIpc) is 2.66. The van der Waals surface area contributed by atoms with Crippen molar-refractivity contribution in [2.24, 2.45) is 5.92 Å². The number of amides is 1. The van der Waals surface area contributed by atoms with Crippen LogP contribution in [-0.2, 0) is 4.79 Å². The molecule has 0 N–H and O–H groups in total. The first-order valence-electron chi connectivity index (χ1n) is 8.68. The van der Waals surface area contributed by atoms with Crippen molar-refractivity contribution in [2.45, 2.75) is 6.92 Å². The minimum absolute atomic E-state index is 0.116. The first kappa shape index (κ1) is 21.9. The van der Waals surface area contributed by atoms with Crippen LogP contribution in [0.5, 0.6) is 0 Å². The molecule has 1 atom stereocenters. The third-order valence-electron chi connectivity index (χ3n) is 4.27. The Bertz CT molecular complexity index is 924. The monoisotopic (exact) mass is 417 g/mol. The molecule has 0 spiro atoms. The van der Waals surface area contributed by atoms with Gasteiger partial charge in [-0.15, -0.1) is 0 Å². The zero-order valence-electron chi connectivity index (χ0n) is 15.9. The number of rotatable bonds is 7. The lowest BCUT2D eigenvalue weighted by Gasteiger charge is -2.24. The lowest BCUT2D eigenvalue weighted by atomic mass is 10.0. The highest BCUT2D eigenvalue weighted by molar-refractivity contribution is 6.36. The van der Waals surface area contributed by atoms with Gasteiger partial charge in [-0.2, -0.15) is 5.26 Å². The molecule has 1 amide bonds. The van der Waals surface area contributed by atoms with Crippen LogP contribution in [0.25, 0.3) is 0 Å². The van der Waals surface area contributed by atoms with Gasteiger partial charge in [0.05, 0.1) is 29.2 Å². The summed E-state index contributed by atoms with van der Waals surface area (Å²) in [4.78, 5) is 29.0. The number of hydrogen-bond acceptors (Lipinski definition) is 4. The highest BCUT2D eigenvalue weighted by Crippen LogP contribution is 2.28. The van der Waals surface area contributed by atoms with Crippen molar-refractivity contribution in [3.05, 3.63) is 63.6 Å². The van der Waals surface area contributed by atoms with Crippen molar-refractivity contribution in [1.29, 1.82) is 5.26 Å². The molecule has 0 aliphatic heterocycles. The second kappa shape index (κ2) is 9.70. The van der Waals surface area contributed by atoms with E-state index in [4.69, 9.17) is 28.5 Å². The molecule has 0 aliphatic carbocycles. The first-order valence-corrected chi connectivity index (χ1v) is 9.43. The Morgan fingerprint density at radius 3 is 2.43 bits per heavy atom. The van der Waals surface area contributed by atoms with Crippen LogP contribution in [0.3, 0.4) is 0 Å². The summed E-state index contributed by atoms with van der Waals surface area (Å²) in [5.41, 5.74) is 1.08. The molecule has 0 saturated carbocycles. The zero-order valence-corrected chi connectivity index (χ0v) is 17.5. The number of ketones is 1. The van der Waals surface area contributed by atoms with E-state index in [0.717, 1.165) is 0 Å². The van der Waals surface area contributed by atoms with Gasteiger partial charge in [0.15, 0.2) is 5.78 Å². The summed E-state index contributed by atoms with van der Waals surface area (Å²) in [6.45, 7) is 2.39. The average molecular weight is 418 g/mol. The molecule has 0 radical (unpaired) electrons. The number of halogens is 2. The summed E-state index contributed by atoms with van der Waals surface area (Å²) < 4.78 is 0. The minimum Gasteiger partial charge on any atom is -0.314 e. The Balaban J connectivity index is 2.31. The molecule has 0 saturated heterocycles. The van der Waals surface area contributed by atoms with Gasteiger partial charge in [-0.1, -0.05) is 35.3 Å². The summed E-state index contributed by atoms with van der Waals surface area (Å²) in [6, 6.07) is 13.7. The summed E-state index contributed by atoms with van der Waals surface area (Å²) >= 11 is 12.3. The third kappa shape index (κ3) is 5.32. The van der Waals surface area contributed by atoms with Crippen LogP contribution >= 0.6 is 23.2 Å². The molecule has 0 fully saturated rings. The van der Waals surface area contributed by atoms with Gasteiger partial charge in [0.2, 0.25) is 5.91 Å². The Labute approximate surface area is 175 Å². The van der Waals surface area contributed by atoms with Crippen LogP contribution in [0.2, 0.25) is 10.0 Å². The Morgan fingerprint density at radius 1 is 1.11 bits per heavy atom.